The van der Waals surface area contributed by atoms with E-state index in [-0.39, 0.29) is 17.5 Å². The molecule has 1 unspecified atom stereocenters. The van der Waals surface area contributed by atoms with Crippen molar-refractivity contribution in [3.63, 3.8) is 0 Å². The summed E-state index contributed by atoms with van der Waals surface area (Å²) in [6.45, 7) is 8.50. The highest BCUT2D eigenvalue weighted by Gasteiger charge is 2.56. The minimum atomic E-state index is -3.19. The second-order valence-corrected chi connectivity index (χ2v) is 10.3. The third-order valence-corrected chi connectivity index (χ3v) is 7.83. The molecule has 0 aromatic rings. The summed E-state index contributed by atoms with van der Waals surface area (Å²) in [7, 11) is -3.19. The largest absolute Gasteiger partial charge is 0.378 e. The summed E-state index contributed by atoms with van der Waals surface area (Å²) in [5.41, 5.74) is -0.0759. The van der Waals surface area contributed by atoms with E-state index < -0.39 is 10.0 Å². The summed E-state index contributed by atoms with van der Waals surface area (Å²) in [6.07, 6.45) is 3.34. The minimum Gasteiger partial charge on any atom is -0.378 e. The van der Waals surface area contributed by atoms with Crippen molar-refractivity contribution in [1.82, 2.24) is 19.0 Å². The number of piperazine rings is 1. The maximum absolute atomic E-state index is 12.2. The average Bonchev–Trinajstić information content (AvgIpc) is 2.58. The van der Waals surface area contributed by atoms with Crippen LogP contribution in [0.25, 0.3) is 0 Å². The summed E-state index contributed by atoms with van der Waals surface area (Å²) in [5.74, 6) is 0.163. The molecule has 1 spiro atoms. The monoisotopic (exact) mass is 386 g/mol. The molecule has 0 aliphatic carbocycles. The normalized spacial score (nSPS) is 31.6. The number of rotatable bonds is 2. The van der Waals surface area contributed by atoms with Crippen molar-refractivity contribution in [2.45, 2.75) is 37.4 Å². The first-order valence-electron chi connectivity index (χ1n) is 9.58. The number of piperidine rings is 1. The Hall–Kier alpha value is -0.740. The van der Waals surface area contributed by atoms with Gasteiger partial charge < -0.3 is 9.64 Å². The number of nitrogens with zero attached hydrogens (tertiary/aromatic N) is 4. The van der Waals surface area contributed by atoms with E-state index in [1.807, 2.05) is 4.90 Å². The van der Waals surface area contributed by atoms with E-state index >= 15 is 0 Å². The van der Waals surface area contributed by atoms with Gasteiger partial charge in [-0.3, -0.25) is 14.6 Å². The Morgan fingerprint density at radius 3 is 2.38 bits per heavy atom. The zero-order valence-electron chi connectivity index (χ0n) is 15.8. The smallest absolute Gasteiger partial charge is 0.219 e. The highest BCUT2D eigenvalue weighted by Crippen LogP contribution is 2.38. The van der Waals surface area contributed by atoms with Gasteiger partial charge in [0.2, 0.25) is 15.9 Å². The Morgan fingerprint density at radius 2 is 1.77 bits per heavy atom. The molecule has 0 N–H and O–H groups in total. The predicted molar refractivity (Wildman–Crippen MR) is 97.3 cm³/mol. The number of amides is 1. The molecule has 1 atom stereocenters. The van der Waals surface area contributed by atoms with E-state index in [4.69, 9.17) is 4.74 Å². The maximum Gasteiger partial charge on any atom is 0.219 e. The average molecular weight is 387 g/mol. The van der Waals surface area contributed by atoms with Crippen LogP contribution in [0.2, 0.25) is 0 Å². The number of morpholine rings is 1. The molecular weight excluding hydrogens is 356 g/mol. The van der Waals surface area contributed by atoms with Crippen LogP contribution in [0.5, 0.6) is 0 Å². The quantitative estimate of drug-likeness (QED) is 0.608. The summed E-state index contributed by atoms with van der Waals surface area (Å²) >= 11 is 0. The Kier molecular flexibility index (Phi) is 4.80. The van der Waals surface area contributed by atoms with Crippen LogP contribution in [0.1, 0.15) is 19.8 Å². The third kappa shape index (κ3) is 3.28. The molecule has 4 fully saturated rings. The van der Waals surface area contributed by atoms with Crippen molar-refractivity contribution in [3.05, 3.63) is 0 Å². The molecule has 0 aromatic heterocycles. The van der Waals surface area contributed by atoms with Crippen molar-refractivity contribution >= 4 is 15.9 Å². The van der Waals surface area contributed by atoms with Crippen LogP contribution in [0.3, 0.4) is 0 Å². The predicted octanol–water partition coefficient (Wildman–Crippen LogP) is -0.972. The fraction of sp³-hybridized carbons (Fsp3) is 0.941. The number of fused-ring (bicyclic) bond motifs is 2. The SMILES string of the molecule is CC(=O)N1CCC(N2CC3(C2)CN(S(C)(=O)=O)CC2COCCN23)CC1. The van der Waals surface area contributed by atoms with Crippen LogP contribution >= 0.6 is 0 Å². The molecule has 9 heteroatoms. The van der Waals surface area contributed by atoms with Gasteiger partial charge in [-0.25, -0.2) is 8.42 Å². The molecule has 26 heavy (non-hydrogen) atoms. The van der Waals surface area contributed by atoms with E-state index in [0.29, 0.717) is 25.7 Å². The minimum absolute atomic E-state index is 0.0759. The number of carbonyl (C=O) groups excluding carboxylic acids is 1. The van der Waals surface area contributed by atoms with Gasteiger partial charge in [0.15, 0.2) is 0 Å². The van der Waals surface area contributed by atoms with E-state index in [9.17, 15) is 13.2 Å². The first-order chi connectivity index (χ1) is 12.3. The van der Waals surface area contributed by atoms with Crippen molar-refractivity contribution in [2.24, 2.45) is 0 Å². The topological polar surface area (TPSA) is 73.4 Å². The Balaban J connectivity index is 1.44. The third-order valence-electron chi connectivity index (χ3n) is 6.61. The molecule has 4 saturated heterocycles. The maximum atomic E-state index is 12.2. The van der Waals surface area contributed by atoms with E-state index in [1.54, 1.807) is 11.2 Å². The molecule has 4 rings (SSSR count). The summed E-state index contributed by atoms with van der Waals surface area (Å²) in [5, 5.41) is 0. The lowest BCUT2D eigenvalue weighted by Crippen LogP contribution is -2.81. The molecule has 1 amide bonds. The van der Waals surface area contributed by atoms with Gasteiger partial charge in [0.25, 0.3) is 0 Å². The van der Waals surface area contributed by atoms with Gasteiger partial charge in [0.05, 0.1) is 25.0 Å². The first-order valence-corrected chi connectivity index (χ1v) is 11.4. The second kappa shape index (κ2) is 6.70. The fourth-order valence-corrected chi connectivity index (χ4v) is 6.12. The number of carbonyl (C=O) groups is 1. The van der Waals surface area contributed by atoms with Crippen LogP contribution < -0.4 is 0 Å². The molecule has 4 aliphatic rings. The van der Waals surface area contributed by atoms with Gasteiger partial charge >= 0.3 is 0 Å². The number of hydrogen-bond acceptors (Lipinski definition) is 6. The second-order valence-electron chi connectivity index (χ2n) is 8.34. The lowest BCUT2D eigenvalue weighted by Gasteiger charge is -2.64. The number of sulfonamides is 1. The van der Waals surface area contributed by atoms with E-state index in [0.717, 1.165) is 52.2 Å². The lowest BCUT2D eigenvalue weighted by molar-refractivity contribution is -0.165. The molecule has 0 aromatic carbocycles. The number of ether oxygens (including phenoxy) is 1. The van der Waals surface area contributed by atoms with Gasteiger partial charge in [0, 0.05) is 64.8 Å². The van der Waals surface area contributed by atoms with Gasteiger partial charge in [-0.05, 0) is 12.8 Å². The van der Waals surface area contributed by atoms with Gasteiger partial charge in [-0.15, -0.1) is 0 Å². The zero-order chi connectivity index (χ0) is 18.5. The molecule has 4 aliphatic heterocycles. The van der Waals surface area contributed by atoms with Gasteiger partial charge in [-0.1, -0.05) is 0 Å². The fourth-order valence-electron chi connectivity index (χ4n) is 5.20. The van der Waals surface area contributed by atoms with Crippen LogP contribution in [0, 0.1) is 0 Å². The van der Waals surface area contributed by atoms with E-state index in [1.165, 1.54) is 6.26 Å². The molecule has 0 radical (unpaired) electrons. The van der Waals surface area contributed by atoms with Crippen LogP contribution in [-0.2, 0) is 19.6 Å². The molecule has 148 valence electrons. The summed E-state index contributed by atoms with van der Waals surface area (Å²) in [6, 6.07) is 0.665. The highest BCUT2D eigenvalue weighted by atomic mass is 32.2. The number of likely N-dealkylation sites (tertiary alicyclic amines) is 2. The Labute approximate surface area is 156 Å². The van der Waals surface area contributed by atoms with Crippen LogP contribution in [0.4, 0.5) is 0 Å². The molecule has 0 saturated carbocycles. The van der Waals surface area contributed by atoms with Crippen LogP contribution in [-0.4, -0.2) is 116 Å². The van der Waals surface area contributed by atoms with Crippen molar-refractivity contribution in [2.75, 3.05) is 65.3 Å². The van der Waals surface area contributed by atoms with Crippen molar-refractivity contribution in [3.8, 4) is 0 Å². The zero-order valence-corrected chi connectivity index (χ0v) is 16.6. The summed E-state index contributed by atoms with van der Waals surface area (Å²) in [4.78, 5) is 18.5. The molecular formula is C17H30N4O4S. The Morgan fingerprint density at radius 1 is 1.08 bits per heavy atom. The van der Waals surface area contributed by atoms with Gasteiger partial charge in [-0.2, -0.15) is 4.31 Å². The van der Waals surface area contributed by atoms with Gasteiger partial charge in [0.1, 0.15) is 0 Å². The lowest BCUT2D eigenvalue weighted by atomic mass is 9.81. The first kappa shape index (κ1) is 18.6. The molecule has 4 heterocycles. The Bertz CT molecular complexity index is 656. The molecule has 8 nitrogen and oxygen atoms in total. The van der Waals surface area contributed by atoms with Crippen molar-refractivity contribution in [1.29, 1.82) is 0 Å². The van der Waals surface area contributed by atoms with Crippen molar-refractivity contribution < 1.29 is 17.9 Å². The summed E-state index contributed by atoms with van der Waals surface area (Å²) < 4.78 is 31.7. The number of hydrogen-bond donors (Lipinski definition) is 0. The van der Waals surface area contributed by atoms with Crippen LogP contribution in [0.15, 0.2) is 0 Å². The molecule has 0 bridgehead atoms. The highest BCUT2D eigenvalue weighted by molar-refractivity contribution is 7.88. The van der Waals surface area contributed by atoms with E-state index in [2.05, 4.69) is 9.80 Å². The standard InChI is InChI=1S/C17H30N4O4S/c1-14(22)18-5-3-15(4-6-18)19-11-17(12-19)13-20(26(2,23)24)9-16-10-25-8-7-21(16)17/h15-16H,3-13H2,1-2H3.